The number of nitrogens with zero attached hydrogens (tertiary/aromatic N) is 4. The molecule has 0 bridgehead atoms. The van der Waals surface area contributed by atoms with Crippen LogP contribution in [0.4, 0.5) is 0 Å². The van der Waals surface area contributed by atoms with Crippen LogP contribution in [0.15, 0.2) is 24.4 Å². The molecule has 140 valence electrons. The second-order valence-corrected chi connectivity index (χ2v) is 7.68. The average molecular weight is 416 g/mol. The van der Waals surface area contributed by atoms with E-state index in [4.69, 9.17) is 34.8 Å². The van der Waals surface area contributed by atoms with Crippen LogP contribution in [-0.2, 0) is 17.9 Å². The number of carbonyl (C=O) groups is 1. The molecule has 2 heterocycles. The fraction of sp³-hybridized carbons (Fsp3) is 0.444. The Labute approximate surface area is 168 Å². The maximum absolute atomic E-state index is 12.4. The number of hydrogen-bond acceptors (Lipinski definition) is 3. The molecule has 26 heavy (non-hydrogen) atoms. The summed E-state index contributed by atoms with van der Waals surface area (Å²) in [4.78, 5) is 16.7. The highest BCUT2D eigenvalue weighted by Gasteiger charge is 2.21. The summed E-state index contributed by atoms with van der Waals surface area (Å²) in [6, 6.07) is 5.71. The van der Waals surface area contributed by atoms with Gasteiger partial charge in [-0.05, 0) is 24.6 Å². The van der Waals surface area contributed by atoms with Gasteiger partial charge < -0.3 is 4.90 Å². The Morgan fingerprint density at radius 1 is 1.08 bits per heavy atom. The van der Waals surface area contributed by atoms with Crippen LogP contribution < -0.4 is 0 Å². The summed E-state index contributed by atoms with van der Waals surface area (Å²) in [5.74, 6) is 0.158. The summed E-state index contributed by atoms with van der Waals surface area (Å²) in [6.07, 6.45) is 2.05. The first kappa shape index (κ1) is 19.5. The second-order valence-electron chi connectivity index (χ2n) is 6.46. The third-order valence-electron chi connectivity index (χ3n) is 4.70. The van der Waals surface area contributed by atoms with Crippen LogP contribution in [0, 0.1) is 6.92 Å². The maximum Gasteiger partial charge on any atom is 0.224 e. The Kier molecular flexibility index (Phi) is 6.46. The quantitative estimate of drug-likeness (QED) is 0.744. The van der Waals surface area contributed by atoms with Gasteiger partial charge >= 0.3 is 0 Å². The molecule has 1 fully saturated rings. The monoisotopic (exact) mass is 414 g/mol. The third kappa shape index (κ3) is 4.71. The lowest BCUT2D eigenvalue weighted by atomic mass is 10.2. The Hall–Kier alpha value is -1.27. The van der Waals surface area contributed by atoms with Crippen molar-refractivity contribution in [1.29, 1.82) is 0 Å². The van der Waals surface area contributed by atoms with Crippen molar-refractivity contribution in [3.63, 3.8) is 0 Å². The molecule has 1 aromatic heterocycles. The molecule has 3 rings (SSSR count). The number of hydrogen-bond donors (Lipinski definition) is 0. The van der Waals surface area contributed by atoms with Gasteiger partial charge in [-0.2, -0.15) is 5.10 Å². The van der Waals surface area contributed by atoms with E-state index in [1.54, 1.807) is 10.9 Å². The first-order chi connectivity index (χ1) is 12.4. The Balaban J connectivity index is 1.46. The molecule has 0 unspecified atom stereocenters. The topological polar surface area (TPSA) is 41.4 Å². The zero-order chi connectivity index (χ0) is 18.7. The minimum atomic E-state index is 0.158. The van der Waals surface area contributed by atoms with Crippen LogP contribution in [0.25, 0.3) is 0 Å². The van der Waals surface area contributed by atoms with E-state index in [1.807, 2.05) is 30.0 Å². The van der Waals surface area contributed by atoms with Crippen LogP contribution in [0.2, 0.25) is 15.1 Å². The van der Waals surface area contributed by atoms with E-state index in [0.29, 0.717) is 28.0 Å². The van der Waals surface area contributed by atoms with Gasteiger partial charge in [0, 0.05) is 39.1 Å². The predicted molar refractivity (Wildman–Crippen MR) is 105 cm³/mol. The molecular formula is C18H21Cl3N4O. The molecule has 0 spiro atoms. The van der Waals surface area contributed by atoms with E-state index in [1.165, 1.54) is 0 Å². The number of amides is 1. The molecule has 1 aliphatic heterocycles. The van der Waals surface area contributed by atoms with Crippen molar-refractivity contribution in [3.8, 4) is 0 Å². The Morgan fingerprint density at radius 3 is 2.42 bits per heavy atom. The molecule has 2 aromatic rings. The summed E-state index contributed by atoms with van der Waals surface area (Å²) in [6.45, 7) is 6.43. The summed E-state index contributed by atoms with van der Waals surface area (Å²) < 4.78 is 1.78. The zero-order valence-corrected chi connectivity index (χ0v) is 16.9. The molecule has 1 aromatic carbocycles. The first-order valence-electron chi connectivity index (χ1n) is 8.56. The normalized spacial score (nSPS) is 15.5. The molecule has 0 saturated carbocycles. The number of piperazine rings is 1. The van der Waals surface area contributed by atoms with E-state index in [9.17, 15) is 4.79 Å². The van der Waals surface area contributed by atoms with Crippen LogP contribution in [0.3, 0.4) is 0 Å². The predicted octanol–water partition coefficient (Wildman–Crippen LogP) is 3.89. The van der Waals surface area contributed by atoms with Crippen LogP contribution >= 0.6 is 34.8 Å². The van der Waals surface area contributed by atoms with Gasteiger partial charge in [0.2, 0.25) is 5.91 Å². The first-order valence-corrected chi connectivity index (χ1v) is 9.69. The highest BCUT2D eigenvalue weighted by Crippen LogP contribution is 2.23. The van der Waals surface area contributed by atoms with Crippen molar-refractivity contribution < 1.29 is 4.79 Å². The van der Waals surface area contributed by atoms with Gasteiger partial charge in [-0.1, -0.05) is 40.9 Å². The Bertz CT molecular complexity index is 785. The molecule has 0 radical (unpaired) electrons. The smallest absolute Gasteiger partial charge is 0.224 e. The average Bonchev–Trinajstić information content (AvgIpc) is 2.95. The standard InChI is InChI=1S/C18H21Cl3N4O/c1-13-17(21)11-22-25(13)5-4-18(26)24-8-6-23(7-9-24)12-14-2-3-15(19)16(20)10-14/h2-3,10-11H,4-9,12H2,1H3. The van der Waals surface area contributed by atoms with Gasteiger partial charge in [0.1, 0.15) is 0 Å². The van der Waals surface area contributed by atoms with Gasteiger partial charge in [-0.3, -0.25) is 14.4 Å². The largest absolute Gasteiger partial charge is 0.340 e. The molecule has 0 atom stereocenters. The van der Waals surface area contributed by atoms with E-state index < -0.39 is 0 Å². The molecule has 1 aliphatic rings. The molecule has 5 nitrogen and oxygen atoms in total. The Morgan fingerprint density at radius 2 is 1.81 bits per heavy atom. The lowest BCUT2D eigenvalue weighted by Gasteiger charge is -2.35. The summed E-state index contributed by atoms with van der Waals surface area (Å²) in [5.41, 5.74) is 2.02. The minimum absolute atomic E-state index is 0.158. The second kappa shape index (κ2) is 8.61. The highest BCUT2D eigenvalue weighted by molar-refractivity contribution is 6.42. The lowest BCUT2D eigenvalue weighted by Crippen LogP contribution is -2.48. The van der Waals surface area contributed by atoms with Crippen molar-refractivity contribution in [2.45, 2.75) is 26.4 Å². The maximum atomic E-state index is 12.4. The van der Waals surface area contributed by atoms with Gasteiger partial charge in [0.15, 0.2) is 0 Å². The van der Waals surface area contributed by atoms with Crippen LogP contribution in [-0.4, -0.2) is 51.7 Å². The third-order valence-corrected chi connectivity index (χ3v) is 5.81. The van der Waals surface area contributed by atoms with Crippen molar-refractivity contribution >= 4 is 40.7 Å². The van der Waals surface area contributed by atoms with Gasteiger partial charge in [0.25, 0.3) is 0 Å². The number of carbonyl (C=O) groups excluding carboxylic acids is 1. The number of aryl methyl sites for hydroxylation is 1. The molecule has 0 aliphatic carbocycles. The zero-order valence-electron chi connectivity index (χ0n) is 14.6. The van der Waals surface area contributed by atoms with Crippen molar-refractivity contribution in [3.05, 3.63) is 50.7 Å². The van der Waals surface area contributed by atoms with Crippen molar-refractivity contribution in [1.82, 2.24) is 19.6 Å². The van der Waals surface area contributed by atoms with Crippen molar-refractivity contribution in [2.75, 3.05) is 26.2 Å². The fourth-order valence-corrected chi connectivity index (χ4v) is 3.52. The number of halogens is 3. The van der Waals surface area contributed by atoms with E-state index >= 15 is 0 Å². The van der Waals surface area contributed by atoms with Crippen molar-refractivity contribution in [2.24, 2.45) is 0 Å². The summed E-state index contributed by atoms with van der Waals surface area (Å²) in [7, 11) is 0. The molecule has 1 saturated heterocycles. The van der Waals surface area contributed by atoms with Gasteiger partial charge in [-0.15, -0.1) is 0 Å². The summed E-state index contributed by atoms with van der Waals surface area (Å²) in [5, 5.41) is 5.97. The van der Waals surface area contributed by atoms with E-state index in [2.05, 4.69) is 10.00 Å². The number of rotatable bonds is 5. The molecule has 0 N–H and O–H groups in total. The van der Waals surface area contributed by atoms with Crippen LogP contribution in [0.5, 0.6) is 0 Å². The van der Waals surface area contributed by atoms with E-state index in [0.717, 1.165) is 44.0 Å². The minimum Gasteiger partial charge on any atom is -0.340 e. The fourth-order valence-electron chi connectivity index (χ4n) is 3.06. The van der Waals surface area contributed by atoms with Gasteiger partial charge in [0.05, 0.1) is 33.5 Å². The molecular weight excluding hydrogens is 395 g/mol. The number of aromatic nitrogens is 2. The number of benzene rings is 1. The van der Waals surface area contributed by atoms with Gasteiger partial charge in [-0.25, -0.2) is 0 Å². The molecule has 8 heteroatoms. The summed E-state index contributed by atoms with van der Waals surface area (Å²) >= 11 is 18.0. The lowest BCUT2D eigenvalue weighted by molar-refractivity contribution is -0.133. The highest BCUT2D eigenvalue weighted by atomic mass is 35.5. The van der Waals surface area contributed by atoms with Crippen LogP contribution in [0.1, 0.15) is 17.7 Å². The SMILES string of the molecule is Cc1c(Cl)cnn1CCC(=O)N1CCN(Cc2ccc(Cl)c(Cl)c2)CC1. The van der Waals surface area contributed by atoms with E-state index in [-0.39, 0.29) is 5.91 Å². The molecule has 1 amide bonds.